The quantitative estimate of drug-likeness (QED) is 0.561. The van der Waals surface area contributed by atoms with E-state index in [9.17, 15) is 14.4 Å². The standard InChI is InChI=1S/C22H20N4O3/c1-13(2)11-26-12-23-18-8-7-14(9-17(18)22(26)29)24-21(28)16-10-20(27)25-19-6-4-3-5-15(16)19/h3-10,12-13H,11H2,1-2H3,(H,24,28)(H,25,27). The highest BCUT2D eigenvalue weighted by Gasteiger charge is 2.13. The molecule has 2 N–H and O–H groups in total. The van der Waals surface area contributed by atoms with Crippen LogP contribution in [-0.4, -0.2) is 20.4 Å². The topological polar surface area (TPSA) is 96.8 Å². The second kappa shape index (κ2) is 7.35. The van der Waals surface area contributed by atoms with E-state index in [4.69, 9.17) is 0 Å². The number of benzene rings is 2. The fraction of sp³-hybridized carbons (Fsp3) is 0.182. The van der Waals surface area contributed by atoms with Crippen molar-refractivity contribution in [2.45, 2.75) is 20.4 Å². The highest BCUT2D eigenvalue weighted by Crippen LogP contribution is 2.19. The maximum Gasteiger partial charge on any atom is 0.261 e. The van der Waals surface area contributed by atoms with E-state index >= 15 is 0 Å². The largest absolute Gasteiger partial charge is 0.322 e. The Morgan fingerprint density at radius 2 is 1.90 bits per heavy atom. The molecule has 4 aromatic rings. The van der Waals surface area contributed by atoms with E-state index in [1.165, 1.54) is 6.07 Å². The van der Waals surface area contributed by atoms with Crippen LogP contribution in [0.3, 0.4) is 0 Å². The summed E-state index contributed by atoms with van der Waals surface area (Å²) in [5.74, 6) is -0.114. The van der Waals surface area contributed by atoms with Gasteiger partial charge in [0.25, 0.3) is 11.5 Å². The Hall–Kier alpha value is -3.74. The van der Waals surface area contributed by atoms with Crippen LogP contribution in [0.2, 0.25) is 0 Å². The molecule has 2 heterocycles. The molecule has 2 aromatic heterocycles. The molecule has 7 heteroatoms. The SMILES string of the molecule is CC(C)Cn1cnc2ccc(NC(=O)c3cc(=O)[nH]c4ccccc34)cc2c1=O. The van der Waals surface area contributed by atoms with E-state index in [2.05, 4.69) is 15.3 Å². The minimum Gasteiger partial charge on any atom is -0.322 e. The second-order valence-electron chi connectivity index (χ2n) is 7.37. The Morgan fingerprint density at radius 3 is 2.69 bits per heavy atom. The zero-order valence-corrected chi connectivity index (χ0v) is 16.1. The second-order valence-corrected chi connectivity index (χ2v) is 7.37. The smallest absolute Gasteiger partial charge is 0.261 e. The third-order valence-corrected chi connectivity index (χ3v) is 4.64. The summed E-state index contributed by atoms with van der Waals surface area (Å²) in [6, 6.07) is 13.4. The first-order valence-electron chi connectivity index (χ1n) is 9.35. The fourth-order valence-electron chi connectivity index (χ4n) is 3.35. The van der Waals surface area contributed by atoms with Crippen LogP contribution in [0.15, 0.2) is 64.4 Å². The Kier molecular flexibility index (Phi) is 4.72. The van der Waals surface area contributed by atoms with Gasteiger partial charge in [-0.2, -0.15) is 0 Å². The Balaban J connectivity index is 1.73. The van der Waals surface area contributed by atoms with Crippen molar-refractivity contribution in [1.82, 2.24) is 14.5 Å². The molecule has 4 rings (SSSR count). The van der Waals surface area contributed by atoms with Crippen molar-refractivity contribution in [3.63, 3.8) is 0 Å². The summed E-state index contributed by atoms with van der Waals surface area (Å²) in [5.41, 5.74) is 1.38. The van der Waals surface area contributed by atoms with Gasteiger partial charge in [0.1, 0.15) is 0 Å². The summed E-state index contributed by atoms with van der Waals surface area (Å²) in [6.45, 7) is 4.62. The molecule has 0 aliphatic heterocycles. The zero-order chi connectivity index (χ0) is 20.5. The lowest BCUT2D eigenvalue weighted by molar-refractivity contribution is 0.102. The molecule has 0 fully saturated rings. The summed E-state index contributed by atoms with van der Waals surface area (Å²) in [4.78, 5) is 44.6. The number of anilines is 1. The number of para-hydroxylation sites is 1. The van der Waals surface area contributed by atoms with Crippen molar-refractivity contribution >= 4 is 33.4 Å². The van der Waals surface area contributed by atoms with Crippen LogP contribution in [-0.2, 0) is 6.54 Å². The molecule has 0 saturated heterocycles. The van der Waals surface area contributed by atoms with Gasteiger partial charge in [-0.05, 0) is 30.2 Å². The number of rotatable bonds is 4. The molecule has 0 spiro atoms. The van der Waals surface area contributed by atoms with Gasteiger partial charge in [-0.3, -0.25) is 19.0 Å². The van der Waals surface area contributed by atoms with E-state index in [1.807, 2.05) is 13.8 Å². The molecule has 0 bridgehead atoms. The lowest BCUT2D eigenvalue weighted by Gasteiger charge is -2.11. The van der Waals surface area contributed by atoms with E-state index in [0.29, 0.717) is 40.0 Å². The average molecular weight is 388 g/mol. The fourth-order valence-corrected chi connectivity index (χ4v) is 3.35. The van der Waals surface area contributed by atoms with Crippen LogP contribution in [0, 0.1) is 5.92 Å². The first kappa shape index (κ1) is 18.6. The highest BCUT2D eigenvalue weighted by molar-refractivity contribution is 6.12. The third kappa shape index (κ3) is 3.67. The van der Waals surface area contributed by atoms with Crippen LogP contribution in [0.5, 0.6) is 0 Å². The van der Waals surface area contributed by atoms with E-state index in [-0.39, 0.29) is 16.7 Å². The van der Waals surface area contributed by atoms with Gasteiger partial charge in [-0.25, -0.2) is 4.98 Å². The van der Waals surface area contributed by atoms with Crippen LogP contribution in [0.1, 0.15) is 24.2 Å². The number of aromatic amines is 1. The minimum absolute atomic E-state index is 0.151. The molecule has 1 amide bonds. The summed E-state index contributed by atoms with van der Waals surface area (Å²) in [5, 5.41) is 3.87. The summed E-state index contributed by atoms with van der Waals surface area (Å²) in [6.07, 6.45) is 1.55. The first-order chi connectivity index (χ1) is 13.9. The molecule has 0 atom stereocenters. The highest BCUT2D eigenvalue weighted by atomic mass is 16.2. The van der Waals surface area contributed by atoms with Gasteiger partial charge in [-0.15, -0.1) is 0 Å². The molecular formula is C22H20N4O3. The van der Waals surface area contributed by atoms with Gasteiger partial charge >= 0.3 is 0 Å². The van der Waals surface area contributed by atoms with Crippen LogP contribution in [0.4, 0.5) is 5.69 Å². The zero-order valence-electron chi connectivity index (χ0n) is 16.1. The molecular weight excluding hydrogens is 368 g/mol. The van der Waals surface area contributed by atoms with Crippen molar-refractivity contribution in [2.24, 2.45) is 5.92 Å². The van der Waals surface area contributed by atoms with Crippen molar-refractivity contribution in [2.75, 3.05) is 5.32 Å². The summed E-state index contributed by atoms with van der Waals surface area (Å²) in [7, 11) is 0. The van der Waals surface area contributed by atoms with Crippen molar-refractivity contribution in [3.8, 4) is 0 Å². The number of amides is 1. The molecule has 0 saturated carbocycles. The predicted molar refractivity (Wildman–Crippen MR) is 113 cm³/mol. The van der Waals surface area contributed by atoms with Crippen molar-refractivity contribution in [1.29, 1.82) is 0 Å². The van der Waals surface area contributed by atoms with E-state index in [1.54, 1.807) is 53.4 Å². The van der Waals surface area contributed by atoms with E-state index in [0.717, 1.165) is 0 Å². The number of carbonyl (C=O) groups is 1. The van der Waals surface area contributed by atoms with Gasteiger partial charge in [0.05, 0.1) is 22.8 Å². The number of nitrogens with one attached hydrogen (secondary N) is 2. The van der Waals surface area contributed by atoms with E-state index < -0.39 is 5.91 Å². The number of pyridine rings is 1. The molecule has 146 valence electrons. The Morgan fingerprint density at radius 1 is 1.10 bits per heavy atom. The van der Waals surface area contributed by atoms with Gasteiger partial charge in [0.2, 0.25) is 5.56 Å². The van der Waals surface area contributed by atoms with Crippen LogP contribution in [0.25, 0.3) is 21.8 Å². The van der Waals surface area contributed by atoms with Crippen molar-refractivity contribution < 1.29 is 4.79 Å². The molecule has 0 unspecified atom stereocenters. The van der Waals surface area contributed by atoms with Gasteiger partial charge in [0.15, 0.2) is 0 Å². The third-order valence-electron chi connectivity index (χ3n) is 4.64. The minimum atomic E-state index is -0.418. The molecule has 29 heavy (non-hydrogen) atoms. The van der Waals surface area contributed by atoms with Crippen molar-refractivity contribution in [3.05, 3.63) is 81.1 Å². The number of carbonyl (C=O) groups excluding carboxylic acids is 1. The number of H-pyrrole nitrogens is 1. The van der Waals surface area contributed by atoms with Crippen LogP contribution >= 0.6 is 0 Å². The monoisotopic (exact) mass is 388 g/mol. The number of nitrogens with zero attached hydrogens (tertiary/aromatic N) is 2. The summed E-state index contributed by atoms with van der Waals surface area (Å²) >= 11 is 0. The predicted octanol–water partition coefficient (Wildman–Crippen LogP) is 3.15. The first-order valence-corrected chi connectivity index (χ1v) is 9.35. The average Bonchev–Trinajstić information content (AvgIpc) is 2.69. The lowest BCUT2D eigenvalue weighted by atomic mass is 10.1. The molecule has 0 aliphatic carbocycles. The van der Waals surface area contributed by atoms with Crippen LogP contribution < -0.4 is 16.4 Å². The Labute approximate surface area is 166 Å². The number of hydrogen-bond donors (Lipinski definition) is 2. The van der Waals surface area contributed by atoms with Gasteiger partial charge < -0.3 is 10.3 Å². The summed E-state index contributed by atoms with van der Waals surface area (Å²) < 4.78 is 1.57. The maximum absolute atomic E-state index is 12.9. The molecule has 2 aromatic carbocycles. The number of aromatic nitrogens is 3. The number of hydrogen-bond acceptors (Lipinski definition) is 4. The molecule has 0 aliphatic rings. The van der Waals surface area contributed by atoms with Gasteiger partial charge in [-0.1, -0.05) is 32.0 Å². The number of fused-ring (bicyclic) bond motifs is 2. The normalized spacial score (nSPS) is 11.3. The molecule has 7 nitrogen and oxygen atoms in total. The van der Waals surface area contributed by atoms with Gasteiger partial charge in [0, 0.05) is 29.2 Å². The maximum atomic E-state index is 12.9. The molecule has 0 radical (unpaired) electrons. The lowest BCUT2D eigenvalue weighted by Crippen LogP contribution is -2.23. The Bertz CT molecular complexity index is 1350.